The van der Waals surface area contributed by atoms with Crippen molar-refractivity contribution < 1.29 is 0 Å². The number of hydrogen-bond acceptors (Lipinski definition) is 3. The molecule has 2 aliphatic rings. The minimum atomic E-state index is 0.176. The molecule has 1 N–H and O–H groups in total. The number of rotatable bonds is 0. The van der Waals surface area contributed by atoms with Crippen LogP contribution in [0.5, 0.6) is 0 Å². The van der Waals surface area contributed by atoms with Gasteiger partial charge in [-0.2, -0.15) is 0 Å². The van der Waals surface area contributed by atoms with E-state index in [1.54, 1.807) is 0 Å². The maximum atomic E-state index is 4.35. The smallest absolute Gasteiger partial charge is 0.176 e. The van der Waals surface area contributed by atoms with Gasteiger partial charge in [-0.1, -0.05) is 18.2 Å². The van der Waals surface area contributed by atoms with Crippen molar-refractivity contribution in [2.45, 2.75) is 12.8 Å². The highest BCUT2D eigenvalue weighted by atomic mass is 15.4. The van der Waals surface area contributed by atoms with Gasteiger partial charge in [-0.25, -0.2) is 0 Å². The van der Waals surface area contributed by atoms with Gasteiger partial charge < -0.3 is 4.90 Å². The van der Waals surface area contributed by atoms with Crippen molar-refractivity contribution in [3.05, 3.63) is 29.8 Å². The number of hydrogen-bond donors (Lipinski definition) is 1. The maximum Gasteiger partial charge on any atom is 0.176 e. The largest absolute Gasteiger partial charge is 0.332 e. The van der Waals surface area contributed by atoms with Gasteiger partial charge in [0.1, 0.15) is 0 Å². The van der Waals surface area contributed by atoms with Crippen LogP contribution in [0.2, 0.25) is 0 Å². The van der Waals surface area contributed by atoms with Gasteiger partial charge in [-0.05, 0) is 11.6 Å². The van der Waals surface area contributed by atoms with Gasteiger partial charge in [0.05, 0.1) is 6.54 Å². The first-order valence-electron chi connectivity index (χ1n) is 4.55. The zero-order valence-electron chi connectivity index (χ0n) is 7.27. The van der Waals surface area contributed by atoms with E-state index < -0.39 is 0 Å². The fourth-order valence-corrected chi connectivity index (χ4v) is 1.95. The number of nitrogens with zero attached hydrogens (tertiary/aromatic N) is 2. The van der Waals surface area contributed by atoms with Crippen LogP contribution in [0.15, 0.2) is 29.3 Å². The second kappa shape index (κ2) is 2.57. The van der Waals surface area contributed by atoms with Crippen molar-refractivity contribution in [1.29, 1.82) is 0 Å². The van der Waals surface area contributed by atoms with Crippen LogP contribution in [-0.4, -0.2) is 19.0 Å². The van der Waals surface area contributed by atoms with Crippen molar-refractivity contribution in [2.24, 2.45) is 4.99 Å². The Labute approximate surface area is 77.1 Å². The molecular formula is C10H11N3. The fourth-order valence-electron chi connectivity index (χ4n) is 1.95. The zero-order valence-corrected chi connectivity index (χ0v) is 7.27. The molecular weight excluding hydrogens is 162 g/mol. The Morgan fingerprint density at radius 2 is 2.31 bits per heavy atom. The van der Waals surface area contributed by atoms with Crippen LogP contribution in [0.4, 0.5) is 5.69 Å². The van der Waals surface area contributed by atoms with E-state index in [2.05, 4.69) is 39.5 Å². The van der Waals surface area contributed by atoms with E-state index >= 15 is 0 Å². The van der Waals surface area contributed by atoms with Crippen LogP contribution in [0.3, 0.4) is 0 Å². The summed E-state index contributed by atoms with van der Waals surface area (Å²) >= 11 is 0. The molecule has 0 fully saturated rings. The highest BCUT2D eigenvalue weighted by molar-refractivity contribution is 5.72. The standard InChI is InChI=1S/C10H11N3/c1-2-4-9-8(3-1)7-12-10-11-5-6-13(9)10/h1-5,10,12H,6-7H2. The second-order valence-corrected chi connectivity index (χ2v) is 3.37. The Kier molecular flexibility index (Phi) is 1.40. The molecule has 1 unspecified atom stereocenters. The molecule has 2 aliphatic heterocycles. The minimum absolute atomic E-state index is 0.176. The maximum absolute atomic E-state index is 4.35. The van der Waals surface area contributed by atoms with Gasteiger partial charge in [0.2, 0.25) is 0 Å². The Morgan fingerprint density at radius 3 is 3.31 bits per heavy atom. The van der Waals surface area contributed by atoms with Gasteiger partial charge in [0.15, 0.2) is 6.29 Å². The summed E-state index contributed by atoms with van der Waals surface area (Å²) in [4.78, 5) is 6.62. The highest BCUT2D eigenvalue weighted by Gasteiger charge is 2.26. The summed E-state index contributed by atoms with van der Waals surface area (Å²) in [5.74, 6) is 0. The summed E-state index contributed by atoms with van der Waals surface area (Å²) in [5.41, 5.74) is 2.69. The molecule has 1 aromatic rings. The topological polar surface area (TPSA) is 27.6 Å². The van der Waals surface area contributed by atoms with Crippen LogP contribution in [0.25, 0.3) is 0 Å². The molecule has 0 aliphatic carbocycles. The zero-order chi connectivity index (χ0) is 8.67. The first-order valence-corrected chi connectivity index (χ1v) is 4.55. The van der Waals surface area contributed by atoms with Crippen LogP contribution in [0.1, 0.15) is 5.56 Å². The molecule has 0 spiro atoms. The average molecular weight is 173 g/mol. The number of aliphatic imine (C=N–C) groups is 1. The summed E-state index contributed by atoms with van der Waals surface area (Å²) in [6.45, 7) is 1.85. The third-order valence-corrected chi connectivity index (χ3v) is 2.60. The Bertz CT molecular complexity index is 359. The van der Waals surface area contributed by atoms with Crippen LogP contribution in [0, 0.1) is 0 Å². The van der Waals surface area contributed by atoms with E-state index in [1.807, 2.05) is 6.21 Å². The third kappa shape index (κ3) is 0.971. The molecule has 0 saturated carbocycles. The van der Waals surface area contributed by atoms with Crippen LogP contribution < -0.4 is 10.2 Å². The molecule has 13 heavy (non-hydrogen) atoms. The van der Waals surface area contributed by atoms with Crippen molar-refractivity contribution in [1.82, 2.24) is 5.32 Å². The lowest BCUT2D eigenvalue weighted by Gasteiger charge is -2.32. The van der Waals surface area contributed by atoms with E-state index in [-0.39, 0.29) is 6.29 Å². The van der Waals surface area contributed by atoms with Gasteiger partial charge in [0, 0.05) is 18.4 Å². The van der Waals surface area contributed by atoms with E-state index in [0.717, 1.165) is 13.1 Å². The van der Waals surface area contributed by atoms with E-state index in [4.69, 9.17) is 0 Å². The summed E-state index contributed by atoms with van der Waals surface area (Å²) in [6.07, 6.45) is 2.15. The molecule has 1 aromatic carbocycles. The van der Waals surface area contributed by atoms with Crippen molar-refractivity contribution in [3.63, 3.8) is 0 Å². The molecule has 0 saturated heterocycles. The van der Waals surface area contributed by atoms with E-state index in [9.17, 15) is 0 Å². The van der Waals surface area contributed by atoms with Crippen LogP contribution in [-0.2, 0) is 6.54 Å². The first kappa shape index (κ1) is 7.09. The molecule has 3 heteroatoms. The molecule has 0 radical (unpaired) electrons. The molecule has 1 atom stereocenters. The Hall–Kier alpha value is -1.35. The second-order valence-electron chi connectivity index (χ2n) is 3.37. The number of anilines is 1. The quantitative estimate of drug-likeness (QED) is 0.633. The summed E-state index contributed by atoms with van der Waals surface area (Å²) < 4.78 is 0. The number of para-hydroxylation sites is 1. The van der Waals surface area contributed by atoms with Crippen LogP contribution >= 0.6 is 0 Å². The summed E-state index contributed by atoms with van der Waals surface area (Å²) in [5, 5.41) is 3.37. The van der Waals surface area contributed by atoms with E-state index in [1.165, 1.54) is 11.3 Å². The average Bonchev–Trinajstić information content (AvgIpc) is 2.65. The lowest BCUT2D eigenvalue weighted by molar-refractivity contribution is 0.509. The van der Waals surface area contributed by atoms with Crippen molar-refractivity contribution in [3.8, 4) is 0 Å². The van der Waals surface area contributed by atoms with Gasteiger partial charge >= 0.3 is 0 Å². The van der Waals surface area contributed by atoms with Crippen molar-refractivity contribution in [2.75, 3.05) is 11.4 Å². The monoisotopic (exact) mass is 173 g/mol. The molecule has 0 amide bonds. The lowest BCUT2D eigenvalue weighted by Crippen LogP contribution is -2.45. The minimum Gasteiger partial charge on any atom is -0.332 e. The fraction of sp³-hybridized carbons (Fsp3) is 0.300. The number of benzene rings is 1. The summed E-state index contributed by atoms with van der Waals surface area (Å²) in [7, 11) is 0. The molecule has 0 aromatic heterocycles. The number of nitrogens with one attached hydrogen (secondary N) is 1. The predicted molar refractivity (Wildman–Crippen MR) is 52.9 cm³/mol. The van der Waals surface area contributed by atoms with Crippen molar-refractivity contribution >= 4 is 11.9 Å². The normalized spacial score (nSPS) is 24.3. The number of fused-ring (bicyclic) bond motifs is 3. The van der Waals surface area contributed by atoms with Gasteiger partial charge in [-0.15, -0.1) is 0 Å². The highest BCUT2D eigenvalue weighted by Crippen LogP contribution is 2.27. The third-order valence-electron chi connectivity index (χ3n) is 2.60. The molecule has 3 nitrogen and oxygen atoms in total. The molecule has 66 valence electrons. The predicted octanol–water partition coefficient (Wildman–Crippen LogP) is 0.964. The SMILES string of the molecule is C1=NC2NCc3ccccc3N2C1. The Morgan fingerprint density at radius 1 is 1.38 bits per heavy atom. The molecule has 0 bridgehead atoms. The van der Waals surface area contributed by atoms with Gasteiger partial charge in [-0.3, -0.25) is 10.3 Å². The van der Waals surface area contributed by atoms with E-state index in [0.29, 0.717) is 0 Å². The molecule has 2 heterocycles. The molecule has 3 rings (SSSR count). The first-order chi connectivity index (χ1) is 6.45. The summed E-state index contributed by atoms with van der Waals surface area (Å²) in [6, 6.07) is 8.49. The van der Waals surface area contributed by atoms with Gasteiger partial charge in [0.25, 0.3) is 0 Å². The Balaban J connectivity index is 2.08. The lowest BCUT2D eigenvalue weighted by atomic mass is 10.1.